The summed E-state index contributed by atoms with van der Waals surface area (Å²) in [6.45, 7) is 6.89. The Balaban J connectivity index is 0.00000420. The van der Waals surface area contributed by atoms with Gasteiger partial charge >= 0.3 is 0 Å². The van der Waals surface area contributed by atoms with Crippen molar-refractivity contribution in [3.63, 3.8) is 0 Å². The van der Waals surface area contributed by atoms with Crippen LogP contribution in [0.2, 0.25) is 0 Å². The SMILES string of the molecule is CCNC(=NCCCN1C(=O)COc2ccccc21)NCCCOCCOC.I. The van der Waals surface area contributed by atoms with Gasteiger partial charge in [0.1, 0.15) is 5.75 Å². The molecular formula is C20H33IN4O4. The van der Waals surface area contributed by atoms with E-state index in [1.807, 2.05) is 31.2 Å². The van der Waals surface area contributed by atoms with Crippen LogP contribution in [0.15, 0.2) is 29.3 Å². The summed E-state index contributed by atoms with van der Waals surface area (Å²) in [4.78, 5) is 18.6. The molecule has 0 spiro atoms. The van der Waals surface area contributed by atoms with Crippen molar-refractivity contribution in [2.24, 2.45) is 4.99 Å². The predicted octanol–water partition coefficient (Wildman–Crippen LogP) is 2.03. The first-order valence-electron chi connectivity index (χ1n) is 9.87. The molecule has 1 aliphatic heterocycles. The fourth-order valence-electron chi connectivity index (χ4n) is 2.79. The van der Waals surface area contributed by atoms with E-state index in [4.69, 9.17) is 14.2 Å². The molecule has 2 N–H and O–H groups in total. The van der Waals surface area contributed by atoms with Crippen LogP contribution in [0.1, 0.15) is 19.8 Å². The van der Waals surface area contributed by atoms with Crippen molar-refractivity contribution in [3.05, 3.63) is 24.3 Å². The highest BCUT2D eigenvalue weighted by molar-refractivity contribution is 14.0. The third kappa shape index (κ3) is 9.18. The van der Waals surface area contributed by atoms with E-state index in [9.17, 15) is 4.79 Å². The Hall–Kier alpha value is -1.59. The largest absolute Gasteiger partial charge is 0.482 e. The first kappa shape index (κ1) is 25.4. The molecule has 1 aliphatic rings. The van der Waals surface area contributed by atoms with Gasteiger partial charge in [-0.05, 0) is 31.9 Å². The lowest BCUT2D eigenvalue weighted by Gasteiger charge is -2.29. The zero-order chi connectivity index (χ0) is 20.0. The number of carbonyl (C=O) groups excluding carboxylic acids is 1. The number of carbonyl (C=O) groups is 1. The van der Waals surface area contributed by atoms with Crippen LogP contribution in [0, 0.1) is 0 Å². The molecule has 1 heterocycles. The van der Waals surface area contributed by atoms with E-state index in [2.05, 4.69) is 15.6 Å². The molecule has 8 nitrogen and oxygen atoms in total. The van der Waals surface area contributed by atoms with E-state index in [0.29, 0.717) is 32.9 Å². The van der Waals surface area contributed by atoms with Gasteiger partial charge in [0.15, 0.2) is 12.6 Å². The molecule has 0 fully saturated rings. The van der Waals surface area contributed by atoms with Gasteiger partial charge in [-0.25, -0.2) is 0 Å². The summed E-state index contributed by atoms with van der Waals surface area (Å²) in [6.07, 6.45) is 1.67. The first-order valence-corrected chi connectivity index (χ1v) is 9.87. The second kappa shape index (κ2) is 15.3. The second-order valence-electron chi connectivity index (χ2n) is 6.30. The Morgan fingerprint density at radius 1 is 1.21 bits per heavy atom. The van der Waals surface area contributed by atoms with Crippen molar-refractivity contribution < 1.29 is 19.0 Å². The van der Waals surface area contributed by atoms with Gasteiger partial charge in [0.05, 0.1) is 18.9 Å². The van der Waals surface area contributed by atoms with E-state index in [1.54, 1.807) is 12.0 Å². The molecule has 0 saturated carbocycles. The average molecular weight is 520 g/mol. The fourth-order valence-corrected chi connectivity index (χ4v) is 2.79. The van der Waals surface area contributed by atoms with Gasteiger partial charge in [0.2, 0.25) is 0 Å². The third-order valence-corrected chi connectivity index (χ3v) is 4.15. The monoisotopic (exact) mass is 520 g/mol. The third-order valence-electron chi connectivity index (χ3n) is 4.15. The van der Waals surface area contributed by atoms with Crippen molar-refractivity contribution in [1.29, 1.82) is 0 Å². The Labute approximate surface area is 190 Å². The zero-order valence-corrected chi connectivity index (χ0v) is 19.6. The number of halogens is 1. The summed E-state index contributed by atoms with van der Waals surface area (Å²) in [6, 6.07) is 7.63. The molecule has 0 aliphatic carbocycles. The summed E-state index contributed by atoms with van der Waals surface area (Å²) >= 11 is 0. The number of ether oxygens (including phenoxy) is 3. The fraction of sp³-hybridized carbons (Fsp3) is 0.600. The van der Waals surface area contributed by atoms with Gasteiger partial charge in [0, 0.05) is 39.9 Å². The number of nitrogens with one attached hydrogen (secondary N) is 2. The van der Waals surface area contributed by atoms with Crippen LogP contribution in [0.4, 0.5) is 5.69 Å². The van der Waals surface area contributed by atoms with E-state index < -0.39 is 0 Å². The maximum absolute atomic E-state index is 12.2. The number of anilines is 1. The molecule has 1 aromatic rings. The van der Waals surface area contributed by atoms with Gasteiger partial charge in [0.25, 0.3) is 5.91 Å². The van der Waals surface area contributed by atoms with Crippen LogP contribution in [0.25, 0.3) is 0 Å². The maximum atomic E-state index is 12.2. The lowest BCUT2D eigenvalue weighted by atomic mass is 10.2. The number of hydrogen-bond donors (Lipinski definition) is 2. The molecule has 0 atom stereocenters. The van der Waals surface area contributed by atoms with E-state index in [0.717, 1.165) is 43.3 Å². The van der Waals surface area contributed by atoms with E-state index in [1.165, 1.54) is 0 Å². The molecule has 0 bridgehead atoms. The number of rotatable bonds is 12. The van der Waals surface area contributed by atoms with E-state index >= 15 is 0 Å². The first-order chi connectivity index (χ1) is 13.8. The normalized spacial score (nSPS) is 13.4. The number of nitrogens with zero attached hydrogens (tertiary/aromatic N) is 2. The van der Waals surface area contributed by atoms with Crippen molar-refractivity contribution >= 4 is 41.5 Å². The topological polar surface area (TPSA) is 84.4 Å². The number of methoxy groups -OCH3 is 1. The summed E-state index contributed by atoms with van der Waals surface area (Å²) in [7, 11) is 1.66. The molecule has 1 aromatic carbocycles. The van der Waals surface area contributed by atoms with Gasteiger partial charge in [-0.1, -0.05) is 12.1 Å². The standard InChI is InChI=1S/C20H32N4O4.HI/c1-3-21-20(23-11-7-13-27-15-14-26-2)22-10-6-12-24-17-8-4-5-9-18(17)28-16-19(24)25;/h4-5,8-9H,3,6-7,10-16H2,1-2H3,(H2,21,22,23);1H. The number of fused-ring (bicyclic) bond motifs is 1. The Bertz CT molecular complexity index is 630. The lowest BCUT2D eigenvalue weighted by Crippen LogP contribution is -2.40. The number of benzene rings is 1. The van der Waals surface area contributed by atoms with Crippen molar-refractivity contribution in [3.8, 4) is 5.75 Å². The van der Waals surface area contributed by atoms with Crippen LogP contribution in [-0.4, -0.2) is 71.6 Å². The summed E-state index contributed by atoms with van der Waals surface area (Å²) in [5, 5.41) is 6.54. The molecule has 0 aromatic heterocycles. The highest BCUT2D eigenvalue weighted by Crippen LogP contribution is 2.31. The van der Waals surface area contributed by atoms with Crippen molar-refractivity contribution in [2.45, 2.75) is 19.8 Å². The molecule has 0 radical (unpaired) electrons. The zero-order valence-electron chi connectivity index (χ0n) is 17.3. The minimum Gasteiger partial charge on any atom is -0.482 e. The summed E-state index contributed by atoms with van der Waals surface area (Å²) < 4.78 is 15.9. The smallest absolute Gasteiger partial charge is 0.265 e. The molecule has 0 saturated heterocycles. The Morgan fingerprint density at radius 2 is 2.03 bits per heavy atom. The molecule has 164 valence electrons. The number of amides is 1. The van der Waals surface area contributed by atoms with Crippen LogP contribution < -0.4 is 20.3 Å². The lowest BCUT2D eigenvalue weighted by molar-refractivity contribution is -0.121. The Morgan fingerprint density at radius 3 is 2.83 bits per heavy atom. The van der Waals surface area contributed by atoms with Gasteiger partial charge in [-0.15, -0.1) is 24.0 Å². The average Bonchev–Trinajstić information content (AvgIpc) is 2.71. The predicted molar refractivity (Wildman–Crippen MR) is 126 cm³/mol. The molecule has 1 amide bonds. The van der Waals surface area contributed by atoms with E-state index in [-0.39, 0.29) is 36.5 Å². The van der Waals surface area contributed by atoms with Crippen LogP contribution in [0.5, 0.6) is 5.75 Å². The maximum Gasteiger partial charge on any atom is 0.265 e. The number of guanidine groups is 1. The van der Waals surface area contributed by atoms with Crippen molar-refractivity contribution in [2.75, 3.05) is 64.6 Å². The van der Waals surface area contributed by atoms with Gasteiger partial charge in [-0.3, -0.25) is 9.79 Å². The summed E-state index contributed by atoms with van der Waals surface area (Å²) in [5.41, 5.74) is 0.834. The molecular weight excluding hydrogens is 487 g/mol. The molecule has 0 unspecified atom stereocenters. The number of aliphatic imine (C=N–C) groups is 1. The summed E-state index contributed by atoms with van der Waals surface area (Å²) in [5.74, 6) is 1.53. The van der Waals surface area contributed by atoms with Gasteiger partial charge in [-0.2, -0.15) is 0 Å². The van der Waals surface area contributed by atoms with Crippen molar-refractivity contribution in [1.82, 2.24) is 10.6 Å². The quantitative estimate of drug-likeness (QED) is 0.190. The Kier molecular flexibility index (Phi) is 13.4. The number of hydrogen-bond acceptors (Lipinski definition) is 5. The van der Waals surface area contributed by atoms with Gasteiger partial charge < -0.3 is 29.7 Å². The molecule has 9 heteroatoms. The van der Waals surface area contributed by atoms with Crippen LogP contribution >= 0.6 is 24.0 Å². The minimum absolute atomic E-state index is 0. The molecule has 29 heavy (non-hydrogen) atoms. The van der Waals surface area contributed by atoms with Crippen LogP contribution in [-0.2, 0) is 14.3 Å². The van der Waals surface area contributed by atoms with Crippen LogP contribution in [0.3, 0.4) is 0 Å². The highest BCUT2D eigenvalue weighted by Gasteiger charge is 2.24. The second-order valence-corrected chi connectivity index (χ2v) is 6.30. The minimum atomic E-state index is -0.0128. The molecule has 2 rings (SSSR count). The number of para-hydroxylation sites is 2. The highest BCUT2D eigenvalue weighted by atomic mass is 127.